The summed E-state index contributed by atoms with van der Waals surface area (Å²) < 4.78 is 5.13. The summed E-state index contributed by atoms with van der Waals surface area (Å²) in [5.74, 6) is 0.494. The van der Waals surface area contributed by atoms with E-state index in [0.717, 1.165) is 6.42 Å². The third-order valence-electron chi connectivity index (χ3n) is 2.44. The molecular weight excluding hydrogens is 182 g/mol. The van der Waals surface area contributed by atoms with E-state index in [2.05, 4.69) is 19.2 Å². The zero-order valence-corrected chi connectivity index (χ0v) is 9.04. The molecule has 82 valence electrons. The van der Waals surface area contributed by atoms with Gasteiger partial charge in [0, 0.05) is 6.42 Å². The molecule has 1 aliphatic heterocycles. The van der Waals surface area contributed by atoms with Crippen LogP contribution in [0.15, 0.2) is 0 Å². The Hall–Kier alpha value is -0.770. The Bertz CT molecular complexity index is 217. The molecule has 0 bridgehead atoms. The average Bonchev–Trinajstić information content (AvgIpc) is 2.01. The molecule has 4 heteroatoms. The van der Waals surface area contributed by atoms with Crippen molar-refractivity contribution in [2.75, 3.05) is 6.61 Å². The normalized spacial score (nSPS) is 32.6. The number of amides is 1. The lowest BCUT2D eigenvalue weighted by Crippen LogP contribution is -2.56. The second-order valence-corrected chi connectivity index (χ2v) is 4.70. The Morgan fingerprint density at radius 2 is 2.36 bits per heavy atom. The molecule has 0 aliphatic carbocycles. The van der Waals surface area contributed by atoms with E-state index in [9.17, 15) is 4.79 Å². The zero-order valence-electron chi connectivity index (χ0n) is 9.04. The summed E-state index contributed by atoms with van der Waals surface area (Å²) in [6.45, 7) is 5.97. The third-order valence-corrected chi connectivity index (χ3v) is 2.44. The number of alkyl carbamates (subject to hydrolysis) is 1. The van der Waals surface area contributed by atoms with Crippen LogP contribution in [0.25, 0.3) is 0 Å². The highest BCUT2D eigenvalue weighted by Crippen LogP contribution is 2.23. The summed E-state index contributed by atoms with van der Waals surface area (Å²) >= 11 is 0. The van der Waals surface area contributed by atoms with Crippen molar-refractivity contribution in [1.82, 2.24) is 5.32 Å². The number of hydrogen-bond donors (Lipinski definition) is 2. The highest BCUT2D eigenvalue weighted by atomic mass is 16.6. The van der Waals surface area contributed by atoms with Crippen LogP contribution in [0.4, 0.5) is 4.79 Å². The van der Waals surface area contributed by atoms with Crippen LogP contribution in [-0.4, -0.2) is 29.4 Å². The molecule has 0 unspecified atom stereocenters. The number of carbonyl (C=O) groups excluding carboxylic acids is 1. The van der Waals surface area contributed by atoms with Gasteiger partial charge in [-0.25, -0.2) is 4.79 Å². The van der Waals surface area contributed by atoms with Gasteiger partial charge in [-0.2, -0.15) is 0 Å². The van der Waals surface area contributed by atoms with Gasteiger partial charge in [0.05, 0.1) is 12.1 Å². The van der Waals surface area contributed by atoms with Crippen molar-refractivity contribution in [2.24, 2.45) is 5.92 Å². The summed E-state index contributed by atoms with van der Waals surface area (Å²) in [5, 5.41) is 11.8. The molecule has 0 saturated carbocycles. The van der Waals surface area contributed by atoms with E-state index in [-0.39, 0.29) is 12.7 Å². The van der Waals surface area contributed by atoms with Crippen LogP contribution < -0.4 is 5.32 Å². The minimum Gasteiger partial charge on any atom is -0.446 e. The first-order valence-corrected chi connectivity index (χ1v) is 5.05. The number of rotatable bonds is 3. The fraction of sp³-hybridized carbons (Fsp3) is 0.900. The lowest BCUT2D eigenvalue weighted by Gasteiger charge is -2.37. The van der Waals surface area contributed by atoms with Gasteiger partial charge in [-0.15, -0.1) is 0 Å². The smallest absolute Gasteiger partial charge is 0.407 e. The third kappa shape index (κ3) is 2.87. The van der Waals surface area contributed by atoms with Gasteiger partial charge in [-0.1, -0.05) is 13.8 Å². The lowest BCUT2D eigenvalue weighted by molar-refractivity contribution is 0.00932. The summed E-state index contributed by atoms with van der Waals surface area (Å²) in [7, 11) is 0. The molecule has 0 spiro atoms. The molecule has 4 nitrogen and oxygen atoms in total. The molecule has 1 amide bonds. The number of aliphatic hydroxyl groups excluding tert-OH is 1. The van der Waals surface area contributed by atoms with E-state index < -0.39 is 11.6 Å². The summed E-state index contributed by atoms with van der Waals surface area (Å²) in [6, 6.07) is 0. The Labute approximate surface area is 84.6 Å². The fourth-order valence-electron chi connectivity index (χ4n) is 1.78. The largest absolute Gasteiger partial charge is 0.446 e. The first-order valence-electron chi connectivity index (χ1n) is 5.05. The molecule has 0 aromatic rings. The molecule has 0 radical (unpaired) electrons. The zero-order chi connectivity index (χ0) is 10.8. The van der Waals surface area contributed by atoms with Gasteiger partial charge in [0.1, 0.15) is 6.10 Å². The van der Waals surface area contributed by atoms with Crippen LogP contribution in [0.2, 0.25) is 0 Å². The number of hydrogen-bond acceptors (Lipinski definition) is 3. The molecule has 1 rings (SSSR count). The highest BCUT2D eigenvalue weighted by Gasteiger charge is 2.36. The maximum Gasteiger partial charge on any atom is 0.407 e. The number of carbonyl (C=O) groups is 1. The molecular formula is C10H19NO3. The van der Waals surface area contributed by atoms with Gasteiger partial charge >= 0.3 is 6.09 Å². The van der Waals surface area contributed by atoms with Crippen molar-refractivity contribution >= 4 is 6.09 Å². The van der Waals surface area contributed by atoms with Crippen molar-refractivity contribution < 1.29 is 14.6 Å². The minimum atomic E-state index is -0.519. The minimum absolute atomic E-state index is 0.0449. The fourth-order valence-corrected chi connectivity index (χ4v) is 1.78. The van der Waals surface area contributed by atoms with Crippen LogP contribution in [0.5, 0.6) is 0 Å². The predicted octanol–water partition coefficient (Wildman–Crippen LogP) is 1.28. The topological polar surface area (TPSA) is 58.6 Å². The molecule has 2 atom stereocenters. The van der Waals surface area contributed by atoms with Gasteiger partial charge < -0.3 is 15.2 Å². The van der Waals surface area contributed by atoms with Crippen molar-refractivity contribution in [3.8, 4) is 0 Å². The Morgan fingerprint density at radius 1 is 1.71 bits per heavy atom. The van der Waals surface area contributed by atoms with Crippen LogP contribution in [-0.2, 0) is 4.74 Å². The van der Waals surface area contributed by atoms with Gasteiger partial charge in [0.15, 0.2) is 0 Å². The summed E-state index contributed by atoms with van der Waals surface area (Å²) in [5.41, 5.74) is -0.519. The van der Waals surface area contributed by atoms with Crippen LogP contribution in [0, 0.1) is 5.92 Å². The average molecular weight is 201 g/mol. The quantitative estimate of drug-likeness (QED) is 0.723. The first kappa shape index (κ1) is 11.3. The van der Waals surface area contributed by atoms with Crippen molar-refractivity contribution in [1.29, 1.82) is 0 Å². The molecule has 0 aromatic carbocycles. The van der Waals surface area contributed by atoms with Crippen molar-refractivity contribution in [3.05, 3.63) is 0 Å². The summed E-state index contributed by atoms with van der Waals surface area (Å²) in [4.78, 5) is 11.2. The van der Waals surface area contributed by atoms with E-state index in [4.69, 9.17) is 9.84 Å². The Kier molecular flexibility index (Phi) is 3.37. The van der Waals surface area contributed by atoms with Crippen LogP contribution >= 0.6 is 0 Å². The first-order chi connectivity index (χ1) is 6.45. The van der Waals surface area contributed by atoms with E-state index in [1.165, 1.54) is 0 Å². The SMILES string of the molecule is CC(C)C[C@@H]1C[C@@](C)(CO)NC(=O)O1. The Balaban J connectivity index is 2.58. The van der Waals surface area contributed by atoms with E-state index >= 15 is 0 Å². The van der Waals surface area contributed by atoms with Gasteiger partial charge in [0.2, 0.25) is 0 Å². The highest BCUT2D eigenvalue weighted by molar-refractivity contribution is 5.69. The monoisotopic (exact) mass is 201 g/mol. The second-order valence-electron chi connectivity index (χ2n) is 4.70. The summed E-state index contributed by atoms with van der Waals surface area (Å²) in [6.07, 6.45) is 1.04. The van der Waals surface area contributed by atoms with Crippen molar-refractivity contribution in [2.45, 2.75) is 45.3 Å². The van der Waals surface area contributed by atoms with Crippen LogP contribution in [0.3, 0.4) is 0 Å². The van der Waals surface area contributed by atoms with Crippen LogP contribution in [0.1, 0.15) is 33.6 Å². The molecule has 14 heavy (non-hydrogen) atoms. The van der Waals surface area contributed by atoms with Crippen molar-refractivity contribution in [3.63, 3.8) is 0 Å². The maximum absolute atomic E-state index is 11.2. The Morgan fingerprint density at radius 3 is 2.86 bits per heavy atom. The van der Waals surface area contributed by atoms with Gasteiger partial charge in [-0.05, 0) is 19.3 Å². The lowest BCUT2D eigenvalue weighted by atomic mass is 9.90. The van der Waals surface area contributed by atoms with E-state index in [0.29, 0.717) is 12.3 Å². The number of aliphatic hydroxyl groups is 1. The number of cyclic esters (lactones) is 1. The molecule has 1 saturated heterocycles. The van der Waals surface area contributed by atoms with E-state index in [1.54, 1.807) is 0 Å². The number of nitrogens with one attached hydrogen (secondary N) is 1. The van der Waals surface area contributed by atoms with E-state index in [1.807, 2.05) is 6.92 Å². The molecule has 0 aromatic heterocycles. The van der Waals surface area contributed by atoms with Gasteiger partial charge in [0.25, 0.3) is 0 Å². The second kappa shape index (κ2) is 4.17. The predicted molar refractivity (Wildman–Crippen MR) is 53.0 cm³/mol. The molecule has 1 fully saturated rings. The maximum atomic E-state index is 11.2. The molecule has 2 N–H and O–H groups in total. The molecule has 1 heterocycles. The van der Waals surface area contributed by atoms with Gasteiger partial charge in [-0.3, -0.25) is 0 Å². The number of ether oxygens (including phenoxy) is 1. The standard InChI is InChI=1S/C10H19NO3/c1-7(2)4-8-5-10(3,6-12)11-9(13)14-8/h7-8,12H,4-6H2,1-3H3,(H,11,13)/t8-,10+/m1/s1. The molecule has 1 aliphatic rings.